The third-order valence-electron chi connectivity index (χ3n) is 5.20. The van der Waals surface area contributed by atoms with E-state index in [1.807, 2.05) is 57.4 Å². The van der Waals surface area contributed by atoms with Gasteiger partial charge in [0.2, 0.25) is 0 Å². The van der Waals surface area contributed by atoms with Crippen LogP contribution in [-0.4, -0.2) is 39.6 Å². The van der Waals surface area contributed by atoms with E-state index in [1.165, 1.54) is 5.69 Å². The number of hydrogen-bond donors (Lipinski definition) is 0. The van der Waals surface area contributed by atoms with Gasteiger partial charge >= 0.3 is 0 Å². The maximum absolute atomic E-state index is 5.94. The van der Waals surface area contributed by atoms with Gasteiger partial charge in [-0.1, -0.05) is 42.5 Å². The van der Waals surface area contributed by atoms with Crippen LogP contribution >= 0.6 is 15.9 Å². The summed E-state index contributed by atoms with van der Waals surface area (Å²) in [6.45, 7) is 4.01. The van der Waals surface area contributed by atoms with Crippen molar-refractivity contribution < 1.29 is 4.74 Å². The number of hydrogen-bond acceptors (Lipinski definition) is 5. The fourth-order valence-corrected chi connectivity index (χ4v) is 4.32. The lowest BCUT2D eigenvalue weighted by molar-refractivity contribution is 0.341. The van der Waals surface area contributed by atoms with Crippen molar-refractivity contribution in [2.24, 2.45) is 5.10 Å². The Labute approximate surface area is 192 Å². The van der Waals surface area contributed by atoms with E-state index in [4.69, 9.17) is 9.84 Å². The number of ether oxygens (including phenoxy) is 1. The summed E-state index contributed by atoms with van der Waals surface area (Å²) in [4.78, 5) is 4.45. The molecule has 0 aromatic heterocycles. The summed E-state index contributed by atoms with van der Waals surface area (Å²) in [6, 6.07) is 24.9. The molecule has 160 valence electrons. The molecule has 0 fully saturated rings. The molecule has 0 saturated carbocycles. The number of para-hydroxylation sites is 3. The van der Waals surface area contributed by atoms with E-state index in [2.05, 4.69) is 67.1 Å². The van der Waals surface area contributed by atoms with Crippen molar-refractivity contribution in [3.05, 3.63) is 82.8 Å². The Hall–Kier alpha value is -2.99. The number of nitrogens with zero attached hydrogens (tertiary/aromatic N) is 4. The molecule has 1 aliphatic heterocycles. The lowest BCUT2D eigenvalue weighted by atomic mass is 10.0. The maximum atomic E-state index is 5.94. The van der Waals surface area contributed by atoms with Gasteiger partial charge in [0.05, 0.1) is 30.2 Å². The highest BCUT2D eigenvalue weighted by Crippen LogP contribution is 2.34. The molecule has 0 saturated heterocycles. The zero-order valence-electron chi connectivity index (χ0n) is 18.1. The topological polar surface area (TPSA) is 31.3 Å². The average Bonchev–Trinajstić information content (AvgIpc) is 2.79. The summed E-state index contributed by atoms with van der Waals surface area (Å²) in [7, 11) is 4.09. The highest BCUT2D eigenvalue weighted by molar-refractivity contribution is 9.10. The molecule has 0 atom stereocenters. The molecule has 3 aromatic carbocycles. The van der Waals surface area contributed by atoms with Crippen LogP contribution in [0.1, 0.15) is 12.5 Å². The van der Waals surface area contributed by atoms with Gasteiger partial charge in [0.15, 0.2) is 0 Å². The van der Waals surface area contributed by atoms with Gasteiger partial charge in [0, 0.05) is 29.8 Å². The lowest BCUT2D eigenvalue weighted by Crippen LogP contribution is -2.45. The second kappa shape index (κ2) is 9.43. The normalized spacial score (nSPS) is 13.7. The average molecular weight is 479 g/mol. The number of hydrazone groups is 1. The SMILES string of the molecule is CCOc1cccc(C2=NN(c3ccccc3Br)CN(c3ccccc3)C2)c1N(C)C. The second-order valence-corrected chi connectivity index (χ2v) is 8.41. The molecule has 31 heavy (non-hydrogen) atoms. The molecule has 0 bridgehead atoms. The fraction of sp³-hybridized carbons (Fsp3) is 0.240. The molecule has 0 N–H and O–H groups in total. The molecule has 3 aromatic rings. The van der Waals surface area contributed by atoms with E-state index in [-0.39, 0.29) is 0 Å². The van der Waals surface area contributed by atoms with Crippen LogP contribution in [0.5, 0.6) is 5.75 Å². The van der Waals surface area contributed by atoms with Gasteiger partial charge in [-0.15, -0.1) is 0 Å². The smallest absolute Gasteiger partial charge is 0.143 e. The first-order valence-corrected chi connectivity index (χ1v) is 11.2. The van der Waals surface area contributed by atoms with Gasteiger partial charge in [-0.25, -0.2) is 5.01 Å². The van der Waals surface area contributed by atoms with Crippen LogP contribution in [0.4, 0.5) is 17.1 Å². The first-order chi connectivity index (χ1) is 15.1. The number of halogens is 1. The highest BCUT2D eigenvalue weighted by Gasteiger charge is 2.26. The Morgan fingerprint density at radius 2 is 1.71 bits per heavy atom. The van der Waals surface area contributed by atoms with Gasteiger partial charge in [-0.3, -0.25) is 0 Å². The minimum Gasteiger partial charge on any atom is -0.492 e. The van der Waals surface area contributed by atoms with Crippen molar-refractivity contribution in [2.45, 2.75) is 6.92 Å². The monoisotopic (exact) mass is 478 g/mol. The largest absolute Gasteiger partial charge is 0.492 e. The number of anilines is 3. The summed E-state index contributed by atoms with van der Waals surface area (Å²) in [5, 5.41) is 7.16. The molecule has 4 rings (SSSR count). The van der Waals surface area contributed by atoms with E-state index < -0.39 is 0 Å². The lowest BCUT2D eigenvalue weighted by Gasteiger charge is -2.37. The Bertz CT molecular complexity index is 1070. The van der Waals surface area contributed by atoms with Crippen molar-refractivity contribution in [1.29, 1.82) is 0 Å². The van der Waals surface area contributed by atoms with E-state index in [9.17, 15) is 0 Å². The molecule has 5 nitrogen and oxygen atoms in total. The van der Waals surface area contributed by atoms with Gasteiger partial charge in [-0.2, -0.15) is 5.10 Å². The molecular weight excluding hydrogens is 452 g/mol. The summed E-state index contributed by atoms with van der Waals surface area (Å²) in [6.07, 6.45) is 0. The Balaban J connectivity index is 1.83. The van der Waals surface area contributed by atoms with Crippen LogP contribution in [0.2, 0.25) is 0 Å². The summed E-state index contributed by atoms with van der Waals surface area (Å²) >= 11 is 3.70. The summed E-state index contributed by atoms with van der Waals surface area (Å²) in [5.74, 6) is 0.872. The van der Waals surface area contributed by atoms with Crippen molar-refractivity contribution >= 4 is 38.7 Å². The van der Waals surface area contributed by atoms with Gasteiger partial charge in [-0.05, 0) is 53.2 Å². The molecule has 0 amide bonds. The first kappa shape index (κ1) is 21.2. The minimum absolute atomic E-state index is 0.621. The highest BCUT2D eigenvalue weighted by atomic mass is 79.9. The zero-order valence-corrected chi connectivity index (χ0v) is 19.7. The van der Waals surface area contributed by atoms with Crippen LogP contribution < -0.4 is 19.5 Å². The van der Waals surface area contributed by atoms with Crippen molar-refractivity contribution in [2.75, 3.05) is 48.7 Å². The molecule has 6 heteroatoms. The Morgan fingerprint density at radius 1 is 0.968 bits per heavy atom. The van der Waals surface area contributed by atoms with Crippen LogP contribution in [0, 0.1) is 0 Å². The molecule has 0 radical (unpaired) electrons. The quantitative estimate of drug-likeness (QED) is 0.461. The van der Waals surface area contributed by atoms with Crippen molar-refractivity contribution in [1.82, 2.24) is 0 Å². The molecule has 0 spiro atoms. The van der Waals surface area contributed by atoms with Crippen LogP contribution in [0.25, 0.3) is 0 Å². The van der Waals surface area contributed by atoms with Crippen LogP contribution in [0.15, 0.2) is 82.4 Å². The van der Waals surface area contributed by atoms with Crippen LogP contribution in [-0.2, 0) is 0 Å². The van der Waals surface area contributed by atoms with E-state index >= 15 is 0 Å². The van der Waals surface area contributed by atoms with E-state index in [0.717, 1.165) is 32.9 Å². The standard InChI is InChI=1S/C25H27BrN4O/c1-4-31-24-16-10-13-20(25(24)28(2)3)22-17-29(19-11-6-5-7-12-19)18-30(27-22)23-15-9-8-14-21(23)26/h5-16H,4,17-18H2,1-3H3. The van der Waals surface area contributed by atoms with E-state index in [0.29, 0.717) is 19.8 Å². The number of benzene rings is 3. The van der Waals surface area contributed by atoms with Crippen molar-refractivity contribution in [3.63, 3.8) is 0 Å². The third kappa shape index (κ3) is 4.54. The third-order valence-corrected chi connectivity index (χ3v) is 5.87. The Kier molecular flexibility index (Phi) is 6.47. The minimum atomic E-state index is 0.621. The fourth-order valence-electron chi connectivity index (χ4n) is 3.83. The maximum Gasteiger partial charge on any atom is 0.143 e. The predicted octanol–water partition coefficient (Wildman–Crippen LogP) is 5.60. The predicted molar refractivity (Wildman–Crippen MR) is 134 cm³/mol. The van der Waals surface area contributed by atoms with Crippen molar-refractivity contribution in [3.8, 4) is 5.75 Å². The van der Waals surface area contributed by atoms with Gasteiger partial charge < -0.3 is 14.5 Å². The van der Waals surface area contributed by atoms with Crippen LogP contribution in [0.3, 0.4) is 0 Å². The molecule has 0 unspecified atom stereocenters. The first-order valence-electron chi connectivity index (χ1n) is 10.4. The summed E-state index contributed by atoms with van der Waals surface area (Å²) < 4.78 is 6.96. The number of rotatable bonds is 6. The summed E-state index contributed by atoms with van der Waals surface area (Å²) in [5.41, 5.74) is 5.32. The van der Waals surface area contributed by atoms with Gasteiger partial charge in [0.1, 0.15) is 12.4 Å². The zero-order chi connectivity index (χ0) is 21.8. The molecule has 0 aliphatic carbocycles. The second-order valence-electron chi connectivity index (χ2n) is 7.55. The van der Waals surface area contributed by atoms with E-state index in [1.54, 1.807) is 0 Å². The molecular formula is C25H27BrN4O. The molecule has 1 heterocycles. The molecule has 1 aliphatic rings. The Morgan fingerprint density at radius 3 is 2.42 bits per heavy atom. The van der Waals surface area contributed by atoms with Gasteiger partial charge in [0.25, 0.3) is 0 Å².